The summed E-state index contributed by atoms with van der Waals surface area (Å²) in [4.78, 5) is 11.0. The maximum Gasteiger partial charge on any atom is 0.305 e. The predicted octanol–water partition coefficient (Wildman–Crippen LogP) is 2.53. The minimum atomic E-state index is -0.222. The van der Waals surface area contributed by atoms with Gasteiger partial charge in [-0.25, -0.2) is 0 Å². The van der Waals surface area contributed by atoms with Crippen LogP contribution in [0.15, 0.2) is 18.2 Å². The quantitative estimate of drug-likeness (QED) is 0.560. The van der Waals surface area contributed by atoms with Gasteiger partial charge in [-0.2, -0.15) is 0 Å². The fraction of sp³-hybridized carbons (Fsp3) is 0.562. The van der Waals surface area contributed by atoms with E-state index in [1.165, 1.54) is 7.11 Å². The van der Waals surface area contributed by atoms with Crippen LogP contribution in [0.5, 0.6) is 11.5 Å². The van der Waals surface area contributed by atoms with E-state index in [0.717, 1.165) is 12.1 Å². The summed E-state index contributed by atoms with van der Waals surface area (Å²) >= 11 is 0. The second-order valence-electron chi connectivity index (χ2n) is 5.05. The highest BCUT2D eigenvalue weighted by atomic mass is 16.5. The molecule has 0 saturated carbocycles. The monoisotopic (exact) mass is 295 g/mol. The van der Waals surface area contributed by atoms with Crippen LogP contribution in [0, 0.1) is 0 Å². The molecule has 0 heterocycles. The minimum absolute atomic E-state index is 0.222. The van der Waals surface area contributed by atoms with Crippen molar-refractivity contribution in [2.24, 2.45) is 0 Å². The zero-order chi connectivity index (χ0) is 15.7. The average Bonchev–Trinajstić information content (AvgIpc) is 2.49. The van der Waals surface area contributed by atoms with Crippen molar-refractivity contribution in [2.45, 2.75) is 39.3 Å². The van der Waals surface area contributed by atoms with Crippen LogP contribution in [0.2, 0.25) is 0 Å². The Kier molecular flexibility index (Phi) is 7.61. The van der Waals surface area contributed by atoms with E-state index in [1.54, 1.807) is 7.11 Å². The van der Waals surface area contributed by atoms with Crippen molar-refractivity contribution in [3.63, 3.8) is 0 Å². The number of benzene rings is 1. The number of ether oxygens (including phenoxy) is 3. The molecule has 0 fully saturated rings. The number of nitrogens with one attached hydrogen (secondary N) is 1. The van der Waals surface area contributed by atoms with Crippen LogP contribution in [0.3, 0.4) is 0 Å². The molecule has 0 radical (unpaired) electrons. The lowest BCUT2D eigenvalue weighted by Crippen LogP contribution is -2.21. The fourth-order valence-electron chi connectivity index (χ4n) is 1.77. The van der Waals surface area contributed by atoms with Gasteiger partial charge in [0.1, 0.15) is 0 Å². The molecule has 0 unspecified atom stereocenters. The van der Waals surface area contributed by atoms with Gasteiger partial charge in [0.15, 0.2) is 11.5 Å². The van der Waals surface area contributed by atoms with Crippen molar-refractivity contribution < 1.29 is 19.0 Å². The van der Waals surface area contributed by atoms with Gasteiger partial charge < -0.3 is 19.5 Å². The highest BCUT2D eigenvalue weighted by Gasteiger charge is 2.07. The molecule has 1 aromatic carbocycles. The van der Waals surface area contributed by atoms with E-state index in [-0.39, 0.29) is 5.97 Å². The van der Waals surface area contributed by atoms with Crippen molar-refractivity contribution in [3.05, 3.63) is 23.8 Å². The molecule has 0 aliphatic rings. The van der Waals surface area contributed by atoms with E-state index in [9.17, 15) is 4.79 Å². The van der Waals surface area contributed by atoms with Crippen LogP contribution in [-0.2, 0) is 16.1 Å². The molecular weight excluding hydrogens is 270 g/mol. The predicted molar refractivity (Wildman–Crippen MR) is 81.7 cm³/mol. The molecule has 0 amide bonds. The molecule has 5 nitrogen and oxygen atoms in total. The number of methoxy groups -OCH3 is 2. The first-order chi connectivity index (χ1) is 10.1. The van der Waals surface area contributed by atoms with Crippen molar-refractivity contribution in [2.75, 3.05) is 20.8 Å². The van der Waals surface area contributed by atoms with Crippen molar-refractivity contribution in [1.82, 2.24) is 5.32 Å². The highest BCUT2D eigenvalue weighted by Crippen LogP contribution is 2.28. The van der Waals surface area contributed by atoms with Gasteiger partial charge in [-0.05, 0) is 24.1 Å². The fourth-order valence-corrected chi connectivity index (χ4v) is 1.77. The molecule has 0 aromatic heterocycles. The lowest BCUT2D eigenvalue weighted by molar-refractivity contribution is -0.140. The summed E-state index contributed by atoms with van der Waals surface area (Å²) in [6.07, 6.45) is 0.970. The Labute approximate surface area is 126 Å². The summed E-state index contributed by atoms with van der Waals surface area (Å²) < 4.78 is 15.6. The van der Waals surface area contributed by atoms with Gasteiger partial charge in [0, 0.05) is 19.0 Å². The standard InChI is InChI=1S/C16H25NO4/c1-12(2)17-11-13-7-8-14(19-3)15(10-13)21-9-5-6-16(18)20-4/h7-8,10,12,17H,5-6,9,11H2,1-4H3. The summed E-state index contributed by atoms with van der Waals surface area (Å²) in [5.41, 5.74) is 1.13. The van der Waals surface area contributed by atoms with Gasteiger partial charge in [0.2, 0.25) is 0 Å². The number of hydrogen-bond donors (Lipinski definition) is 1. The molecule has 21 heavy (non-hydrogen) atoms. The molecule has 0 saturated heterocycles. The first-order valence-corrected chi connectivity index (χ1v) is 7.16. The van der Waals surface area contributed by atoms with E-state index < -0.39 is 0 Å². The van der Waals surface area contributed by atoms with Crippen molar-refractivity contribution in [3.8, 4) is 11.5 Å². The van der Waals surface area contributed by atoms with Gasteiger partial charge in [0.05, 0.1) is 20.8 Å². The van der Waals surface area contributed by atoms with Crippen LogP contribution >= 0.6 is 0 Å². The van der Waals surface area contributed by atoms with E-state index >= 15 is 0 Å². The lowest BCUT2D eigenvalue weighted by Gasteiger charge is -2.13. The molecule has 118 valence electrons. The van der Waals surface area contributed by atoms with E-state index in [0.29, 0.717) is 37.0 Å². The Bertz CT molecular complexity index is 446. The van der Waals surface area contributed by atoms with Crippen molar-refractivity contribution >= 4 is 5.97 Å². The zero-order valence-corrected chi connectivity index (χ0v) is 13.3. The lowest BCUT2D eigenvalue weighted by atomic mass is 10.2. The second-order valence-corrected chi connectivity index (χ2v) is 5.05. The summed E-state index contributed by atoms with van der Waals surface area (Å²) in [5, 5.41) is 3.36. The number of hydrogen-bond acceptors (Lipinski definition) is 5. The summed E-state index contributed by atoms with van der Waals surface area (Å²) in [7, 11) is 3.00. The van der Waals surface area contributed by atoms with Gasteiger partial charge in [-0.3, -0.25) is 4.79 Å². The Morgan fingerprint density at radius 3 is 2.62 bits per heavy atom. The largest absolute Gasteiger partial charge is 0.493 e. The molecular formula is C16H25NO4. The molecule has 0 bridgehead atoms. The first kappa shape index (κ1) is 17.3. The number of carbonyl (C=O) groups is 1. The van der Waals surface area contributed by atoms with Crippen LogP contribution in [0.4, 0.5) is 0 Å². The topological polar surface area (TPSA) is 56.8 Å². The SMILES string of the molecule is COC(=O)CCCOc1cc(CNC(C)C)ccc1OC. The van der Waals surface area contributed by atoms with Crippen LogP contribution in [-0.4, -0.2) is 32.8 Å². The maximum absolute atomic E-state index is 11.0. The Balaban J connectivity index is 2.56. The molecule has 0 aliphatic carbocycles. The molecule has 1 N–H and O–H groups in total. The Morgan fingerprint density at radius 1 is 1.24 bits per heavy atom. The molecule has 0 aliphatic heterocycles. The summed E-state index contributed by atoms with van der Waals surface area (Å²) in [6, 6.07) is 6.30. The Morgan fingerprint density at radius 2 is 2.00 bits per heavy atom. The van der Waals surface area contributed by atoms with Crippen LogP contribution in [0.25, 0.3) is 0 Å². The average molecular weight is 295 g/mol. The second kappa shape index (κ2) is 9.23. The summed E-state index contributed by atoms with van der Waals surface area (Å²) in [6.45, 7) is 5.44. The third kappa shape index (κ3) is 6.49. The molecule has 1 aromatic rings. The van der Waals surface area contributed by atoms with E-state index in [1.807, 2.05) is 18.2 Å². The number of esters is 1. The summed E-state index contributed by atoms with van der Waals surface area (Å²) in [5.74, 6) is 1.17. The van der Waals surface area contributed by atoms with Crippen LogP contribution in [0.1, 0.15) is 32.3 Å². The van der Waals surface area contributed by atoms with Gasteiger partial charge in [-0.1, -0.05) is 19.9 Å². The van der Waals surface area contributed by atoms with E-state index in [4.69, 9.17) is 9.47 Å². The first-order valence-electron chi connectivity index (χ1n) is 7.16. The molecule has 5 heteroatoms. The van der Waals surface area contributed by atoms with Crippen LogP contribution < -0.4 is 14.8 Å². The molecule has 0 atom stereocenters. The normalized spacial score (nSPS) is 10.5. The van der Waals surface area contributed by atoms with Crippen molar-refractivity contribution in [1.29, 1.82) is 0 Å². The zero-order valence-electron chi connectivity index (χ0n) is 13.3. The molecule has 1 rings (SSSR count). The number of rotatable bonds is 9. The molecule has 0 spiro atoms. The van der Waals surface area contributed by atoms with Gasteiger partial charge >= 0.3 is 5.97 Å². The maximum atomic E-state index is 11.0. The van der Waals surface area contributed by atoms with E-state index in [2.05, 4.69) is 23.9 Å². The third-order valence-corrected chi connectivity index (χ3v) is 2.95. The third-order valence-electron chi connectivity index (χ3n) is 2.95. The van der Waals surface area contributed by atoms with Gasteiger partial charge in [-0.15, -0.1) is 0 Å². The highest BCUT2D eigenvalue weighted by molar-refractivity contribution is 5.69. The minimum Gasteiger partial charge on any atom is -0.493 e. The smallest absolute Gasteiger partial charge is 0.305 e. The Hall–Kier alpha value is -1.75. The van der Waals surface area contributed by atoms with Gasteiger partial charge in [0.25, 0.3) is 0 Å². The number of carbonyl (C=O) groups excluding carboxylic acids is 1.